The lowest BCUT2D eigenvalue weighted by Crippen LogP contribution is -2.40. The Kier molecular flexibility index (Phi) is 5.09. The quantitative estimate of drug-likeness (QED) is 0.735. The predicted octanol–water partition coefficient (Wildman–Crippen LogP) is 2.49. The Hall–Kier alpha value is -1.03. The number of benzene rings is 1. The van der Waals surface area contributed by atoms with Gasteiger partial charge in [0.15, 0.2) is 27.7 Å². The van der Waals surface area contributed by atoms with Crippen molar-refractivity contribution in [1.82, 2.24) is 0 Å². The van der Waals surface area contributed by atoms with Crippen LogP contribution in [0.1, 0.15) is 34.1 Å². The summed E-state index contributed by atoms with van der Waals surface area (Å²) in [4.78, 5) is 0.326. The highest BCUT2D eigenvalue weighted by Crippen LogP contribution is 2.45. The van der Waals surface area contributed by atoms with Crippen molar-refractivity contribution in [3.8, 4) is 0 Å². The Morgan fingerprint density at radius 3 is 2.32 bits per heavy atom. The topological polar surface area (TPSA) is 80.3 Å². The van der Waals surface area contributed by atoms with E-state index in [0.717, 1.165) is 0 Å². The monoisotopic (exact) mass is 412 g/mol. The molecule has 0 bridgehead atoms. The summed E-state index contributed by atoms with van der Waals surface area (Å²) < 4.78 is 55.3. The van der Waals surface area contributed by atoms with Gasteiger partial charge in [-0.15, -0.1) is 0 Å². The molecule has 0 N–H and O–H groups in total. The third-order valence-electron chi connectivity index (χ3n) is 5.44. The van der Waals surface area contributed by atoms with Crippen molar-refractivity contribution < 1.29 is 32.1 Å². The first-order valence-electron chi connectivity index (χ1n) is 9.67. The molecule has 3 aliphatic rings. The van der Waals surface area contributed by atoms with Crippen molar-refractivity contribution in [3.05, 3.63) is 30.3 Å². The molecule has 3 heterocycles. The summed E-state index contributed by atoms with van der Waals surface area (Å²) in [6, 6.07) is 8.50. The number of fused-ring (bicyclic) bond motifs is 1. The number of sulfone groups is 1. The average Bonchev–Trinajstić information content (AvgIpc) is 3.23. The van der Waals surface area contributed by atoms with E-state index in [-0.39, 0.29) is 30.0 Å². The highest BCUT2D eigenvalue weighted by molar-refractivity contribution is 7.91. The van der Waals surface area contributed by atoms with Gasteiger partial charge in [-0.3, -0.25) is 0 Å². The van der Waals surface area contributed by atoms with Gasteiger partial charge in [0.1, 0.15) is 12.2 Å². The van der Waals surface area contributed by atoms with E-state index in [1.165, 1.54) is 0 Å². The van der Waals surface area contributed by atoms with Crippen molar-refractivity contribution in [3.63, 3.8) is 0 Å². The average molecular weight is 413 g/mol. The fourth-order valence-electron chi connectivity index (χ4n) is 4.20. The molecule has 8 heteroatoms. The van der Waals surface area contributed by atoms with Crippen LogP contribution in [0.3, 0.4) is 0 Å². The maximum atomic E-state index is 12.8. The van der Waals surface area contributed by atoms with Crippen LogP contribution < -0.4 is 0 Å². The Labute approximate surface area is 166 Å². The second kappa shape index (κ2) is 7.04. The molecule has 0 aliphatic carbocycles. The predicted molar refractivity (Wildman–Crippen MR) is 100 cm³/mol. The van der Waals surface area contributed by atoms with Crippen LogP contribution in [0.2, 0.25) is 0 Å². The second-order valence-electron chi connectivity index (χ2n) is 8.52. The van der Waals surface area contributed by atoms with Crippen molar-refractivity contribution >= 4 is 9.84 Å². The highest BCUT2D eigenvalue weighted by atomic mass is 32.2. The molecule has 0 unspecified atom stereocenters. The molecule has 0 spiro atoms. The first-order chi connectivity index (χ1) is 13.1. The molecule has 0 radical (unpaired) electrons. The molecular formula is C20H28O7S. The van der Waals surface area contributed by atoms with Crippen LogP contribution in [0.4, 0.5) is 0 Å². The zero-order valence-corrected chi connectivity index (χ0v) is 17.5. The van der Waals surface area contributed by atoms with Crippen LogP contribution in [-0.4, -0.2) is 57.0 Å². The van der Waals surface area contributed by atoms with Gasteiger partial charge in [0.05, 0.1) is 23.4 Å². The molecule has 1 aromatic carbocycles. The first-order valence-corrected chi connectivity index (χ1v) is 11.3. The number of rotatable bonds is 5. The van der Waals surface area contributed by atoms with Crippen molar-refractivity contribution in [2.75, 3.05) is 12.4 Å². The van der Waals surface area contributed by atoms with Crippen molar-refractivity contribution in [1.29, 1.82) is 0 Å². The van der Waals surface area contributed by atoms with E-state index < -0.39 is 27.7 Å². The van der Waals surface area contributed by atoms with Gasteiger partial charge in [0.2, 0.25) is 0 Å². The SMILES string of the molecule is CC1(C)O[C@H]2O[C@H]([C@H]3COC(C)(C)O3)[C@@H](CCS(=O)(=O)c3ccccc3)[C@H]2O1. The lowest BCUT2D eigenvalue weighted by molar-refractivity contribution is -0.227. The lowest BCUT2D eigenvalue weighted by Gasteiger charge is -2.29. The fourth-order valence-corrected chi connectivity index (χ4v) is 5.59. The van der Waals surface area contributed by atoms with Gasteiger partial charge in [-0.2, -0.15) is 0 Å². The van der Waals surface area contributed by atoms with E-state index in [0.29, 0.717) is 17.9 Å². The number of hydrogen-bond acceptors (Lipinski definition) is 7. The number of ether oxygens (including phenoxy) is 5. The molecule has 0 aromatic heterocycles. The molecule has 4 rings (SSSR count). The van der Waals surface area contributed by atoms with Crippen LogP contribution >= 0.6 is 0 Å². The van der Waals surface area contributed by atoms with Gasteiger partial charge < -0.3 is 23.7 Å². The summed E-state index contributed by atoms with van der Waals surface area (Å²) in [5.41, 5.74) is 0. The molecule has 0 amide bonds. The molecular weight excluding hydrogens is 384 g/mol. The van der Waals surface area contributed by atoms with E-state index in [1.54, 1.807) is 30.3 Å². The highest BCUT2D eigenvalue weighted by Gasteiger charge is 2.57. The Bertz CT molecular complexity index is 805. The molecule has 3 aliphatic heterocycles. The number of hydrogen-bond donors (Lipinski definition) is 0. The van der Waals surface area contributed by atoms with Crippen LogP contribution in [0, 0.1) is 5.92 Å². The summed E-state index contributed by atoms with van der Waals surface area (Å²) in [6.45, 7) is 7.77. The smallest absolute Gasteiger partial charge is 0.187 e. The lowest BCUT2D eigenvalue weighted by atomic mass is 9.92. The Balaban J connectivity index is 1.52. The van der Waals surface area contributed by atoms with Gasteiger partial charge in [0.25, 0.3) is 0 Å². The van der Waals surface area contributed by atoms with Gasteiger partial charge in [-0.05, 0) is 46.2 Å². The van der Waals surface area contributed by atoms with Crippen LogP contribution in [0.5, 0.6) is 0 Å². The molecule has 28 heavy (non-hydrogen) atoms. The van der Waals surface area contributed by atoms with Gasteiger partial charge in [0, 0.05) is 5.92 Å². The standard InChI is InChI=1S/C20H28O7S/c1-19(2)23-12-15(25-19)16-14(17-18(24-16)27-20(3,4)26-17)10-11-28(21,22)13-8-6-5-7-9-13/h5-9,14-18H,10-12H2,1-4H3/t14-,15-,16+,17-,18-/m1/s1. The van der Waals surface area contributed by atoms with Crippen LogP contribution in [-0.2, 0) is 33.5 Å². The molecule has 3 saturated heterocycles. The zero-order valence-electron chi connectivity index (χ0n) is 16.7. The Morgan fingerprint density at radius 1 is 0.964 bits per heavy atom. The summed E-state index contributed by atoms with van der Waals surface area (Å²) in [5, 5.41) is 0. The third-order valence-corrected chi connectivity index (χ3v) is 7.21. The first kappa shape index (κ1) is 20.3. The summed E-state index contributed by atoms with van der Waals surface area (Å²) in [5.74, 6) is -1.62. The normalized spacial score (nSPS) is 36.5. The summed E-state index contributed by atoms with van der Waals surface area (Å²) in [6.07, 6.45) is -1.11. The van der Waals surface area contributed by atoms with E-state index >= 15 is 0 Å². The minimum atomic E-state index is -3.40. The van der Waals surface area contributed by atoms with Gasteiger partial charge >= 0.3 is 0 Å². The van der Waals surface area contributed by atoms with E-state index in [4.69, 9.17) is 23.7 Å². The van der Waals surface area contributed by atoms with Crippen LogP contribution in [0.15, 0.2) is 35.2 Å². The maximum Gasteiger partial charge on any atom is 0.187 e. The molecule has 0 saturated carbocycles. The van der Waals surface area contributed by atoms with E-state index in [2.05, 4.69) is 0 Å². The molecule has 5 atom stereocenters. The summed E-state index contributed by atoms with van der Waals surface area (Å²) in [7, 11) is -3.40. The van der Waals surface area contributed by atoms with E-state index in [1.807, 2.05) is 27.7 Å². The second-order valence-corrected chi connectivity index (χ2v) is 10.6. The molecule has 156 valence electrons. The fraction of sp³-hybridized carbons (Fsp3) is 0.700. The maximum absolute atomic E-state index is 12.8. The van der Waals surface area contributed by atoms with Crippen molar-refractivity contribution in [2.24, 2.45) is 5.92 Å². The van der Waals surface area contributed by atoms with Gasteiger partial charge in [-0.1, -0.05) is 18.2 Å². The van der Waals surface area contributed by atoms with Crippen molar-refractivity contribution in [2.45, 2.75) is 75.2 Å². The van der Waals surface area contributed by atoms with Gasteiger partial charge in [-0.25, -0.2) is 8.42 Å². The Morgan fingerprint density at radius 2 is 1.68 bits per heavy atom. The third kappa shape index (κ3) is 3.99. The largest absolute Gasteiger partial charge is 0.348 e. The minimum Gasteiger partial charge on any atom is -0.348 e. The molecule has 7 nitrogen and oxygen atoms in total. The molecule has 3 fully saturated rings. The minimum absolute atomic E-state index is 0.00547. The summed E-state index contributed by atoms with van der Waals surface area (Å²) >= 11 is 0. The van der Waals surface area contributed by atoms with Crippen LogP contribution in [0.25, 0.3) is 0 Å². The van der Waals surface area contributed by atoms with E-state index in [9.17, 15) is 8.42 Å². The zero-order chi connectivity index (χ0) is 20.2. The molecule has 1 aromatic rings.